The molecule has 0 radical (unpaired) electrons. The molecule has 27 heavy (non-hydrogen) atoms. The molecule has 0 saturated heterocycles. The Balaban J connectivity index is 1.70. The lowest BCUT2D eigenvalue weighted by molar-refractivity contribution is -0.137. The van der Waals surface area contributed by atoms with Crippen LogP contribution >= 0.6 is 0 Å². The van der Waals surface area contributed by atoms with E-state index in [1.165, 1.54) is 0 Å². The number of carbonyl (C=O) groups excluding carboxylic acids is 1. The summed E-state index contributed by atoms with van der Waals surface area (Å²) in [5.41, 5.74) is 2.91. The van der Waals surface area contributed by atoms with E-state index in [0.29, 0.717) is 28.3 Å². The highest BCUT2D eigenvalue weighted by molar-refractivity contribution is 6.06. The second-order valence-electron chi connectivity index (χ2n) is 6.85. The van der Waals surface area contributed by atoms with Gasteiger partial charge in [-0.05, 0) is 31.4 Å². The number of aliphatic carboxylic acids is 1. The molecule has 0 bridgehead atoms. The summed E-state index contributed by atoms with van der Waals surface area (Å²) in [6, 6.07) is 10.2. The number of aryl methyl sites for hydroxylation is 1. The maximum atomic E-state index is 13.1. The number of pyridine rings is 1. The van der Waals surface area contributed by atoms with Crippen LogP contribution in [0.1, 0.15) is 58.5 Å². The number of nitrogens with zero attached hydrogens (tertiary/aromatic N) is 2. The first kappa shape index (κ1) is 17.2. The van der Waals surface area contributed by atoms with Crippen LogP contribution in [0, 0.1) is 6.92 Å². The Morgan fingerprint density at radius 3 is 2.70 bits per heavy atom. The summed E-state index contributed by atoms with van der Waals surface area (Å²) < 4.78 is 5.28. The minimum Gasteiger partial charge on any atom is -0.481 e. The summed E-state index contributed by atoms with van der Waals surface area (Å²) in [4.78, 5) is 28.8. The Hall–Kier alpha value is -3.22. The van der Waals surface area contributed by atoms with Gasteiger partial charge in [0.1, 0.15) is 0 Å². The fourth-order valence-electron chi connectivity index (χ4n) is 3.23. The van der Waals surface area contributed by atoms with Gasteiger partial charge in [0.05, 0.1) is 29.1 Å². The van der Waals surface area contributed by atoms with E-state index < -0.39 is 12.0 Å². The van der Waals surface area contributed by atoms with E-state index in [4.69, 9.17) is 4.52 Å². The lowest BCUT2D eigenvalue weighted by Crippen LogP contribution is -2.30. The SMILES string of the molecule is Cc1noc2nc(C3CC3)cc(C(=O)NC(CC(=O)O)c3ccccc3)c12. The Bertz CT molecular complexity index is 1010. The third-order valence-corrected chi connectivity index (χ3v) is 4.76. The van der Waals surface area contributed by atoms with E-state index in [1.807, 2.05) is 18.2 Å². The molecule has 2 heterocycles. The van der Waals surface area contributed by atoms with E-state index in [1.54, 1.807) is 25.1 Å². The topological polar surface area (TPSA) is 105 Å². The molecule has 1 saturated carbocycles. The quantitative estimate of drug-likeness (QED) is 0.694. The van der Waals surface area contributed by atoms with Gasteiger partial charge in [0.15, 0.2) is 0 Å². The number of hydrogen-bond donors (Lipinski definition) is 2. The summed E-state index contributed by atoms with van der Waals surface area (Å²) in [6.07, 6.45) is 1.87. The van der Waals surface area contributed by atoms with E-state index in [2.05, 4.69) is 15.5 Å². The van der Waals surface area contributed by atoms with Crippen molar-refractivity contribution >= 4 is 23.0 Å². The molecule has 1 amide bonds. The van der Waals surface area contributed by atoms with Crippen LogP contribution in [0.5, 0.6) is 0 Å². The first-order chi connectivity index (χ1) is 13.0. The number of nitrogens with one attached hydrogen (secondary N) is 1. The molecule has 1 unspecified atom stereocenters. The summed E-state index contributed by atoms with van der Waals surface area (Å²) in [6.45, 7) is 1.76. The van der Waals surface area contributed by atoms with Crippen molar-refractivity contribution in [3.05, 3.63) is 58.9 Å². The molecular formula is C20H19N3O4. The van der Waals surface area contributed by atoms with Gasteiger partial charge in [0.2, 0.25) is 0 Å². The zero-order chi connectivity index (χ0) is 19.0. The Labute approximate surface area is 155 Å². The number of rotatable bonds is 6. The summed E-state index contributed by atoms with van der Waals surface area (Å²) in [5, 5.41) is 16.6. The van der Waals surface area contributed by atoms with Crippen molar-refractivity contribution in [3.63, 3.8) is 0 Å². The standard InChI is InChI=1S/C20H19N3O4/c1-11-18-14(9-15(13-7-8-13)22-20(18)27-23-11)19(26)21-16(10-17(24)25)12-5-3-2-4-6-12/h2-6,9,13,16H,7-8,10H2,1H3,(H,21,26)(H,24,25). The van der Waals surface area contributed by atoms with Crippen molar-refractivity contribution < 1.29 is 19.2 Å². The molecule has 7 heteroatoms. The first-order valence-electron chi connectivity index (χ1n) is 8.87. The highest BCUT2D eigenvalue weighted by Gasteiger charge is 2.29. The lowest BCUT2D eigenvalue weighted by Gasteiger charge is -2.18. The molecule has 138 valence electrons. The molecule has 3 aromatic rings. The minimum absolute atomic E-state index is 0.206. The van der Waals surface area contributed by atoms with Crippen molar-refractivity contribution in [2.75, 3.05) is 0 Å². The Morgan fingerprint density at radius 2 is 2.04 bits per heavy atom. The number of fused-ring (bicyclic) bond motifs is 1. The number of benzene rings is 1. The highest BCUT2D eigenvalue weighted by Crippen LogP contribution is 2.40. The molecule has 0 aliphatic heterocycles. The number of hydrogen-bond acceptors (Lipinski definition) is 5. The first-order valence-corrected chi connectivity index (χ1v) is 8.87. The van der Waals surface area contributed by atoms with Crippen molar-refractivity contribution in [1.82, 2.24) is 15.5 Å². The van der Waals surface area contributed by atoms with Gasteiger partial charge in [-0.1, -0.05) is 35.5 Å². The van der Waals surface area contributed by atoms with Gasteiger partial charge in [-0.3, -0.25) is 9.59 Å². The van der Waals surface area contributed by atoms with Crippen LogP contribution in [0.2, 0.25) is 0 Å². The molecule has 2 aromatic heterocycles. The number of carboxylic acid groups (broad SMARTS) is 1. The van der Waals surface area contributed by atoms with E-state index in [0.717, 1.165) is 24.1 Å². The zero-order valence-electron chi connectivity index (χ0n) is 14.8. The minimum atomic E-state index is -0.983. The molecule has 2 N–H and O–H groups in total. The van der Waals surface area contributed by atoms with Gasteiger partial charge >= 0.3 is 5.97 Å². The summed E-state index contributed by atoms with van der Waals surface area (Å²) in [5.74, 6) is -0.996. The highest BCUT2D eigenvalue weighted by atomic mass is 16.5. The van der Waals surface area contributed by atoms with Gasteiger partial charge in [0, 0.05) is 11.6 Å². The maximum Gasteiger partial charge on any atom is 0.305 e. The summed E-state index contributed by atoms with van der Waals surface area (Å²) in [7, 11) is 0. The predicted molar refractivity (Wildman–Crippen MR) is 97.4 cm³/mol. The molecule has 1 aliphatic carbocycles. The average molecular weight is 365 g/mol. The molecule has 1 aliphatic rings. The molecule has 0 spiro atoms. The van der Waals surface area contributed by atoms with Crippen LogP contribution in [0.25, 0.3) is 11.1 Å². The monoisotopic (exact) mass is 365 g/mol. The normalized spacial score (nSPS) is 14.9. The Morgan fingerprint density at radius 1 is 1.30 bits per heavy atom. The fourth-order valence-corrected chi connectivity index (χ4v) is 3.23. The van der Waals surface area contributed by atoms with Crippen LogP contribution in [-0.4, -0.2) is 27.1 Å². The van der Waals surface area contributed by atoms with Crippen LogP contribution < -0.4 is 5.32 Å². The molecule has 1 fully saturated rings. The second-order valence-corrected chi connectivity index (χ2v) is 6.85. The molecule has 4 rings (SSSR count). The van der Waals surface area contributed by atoms with E-state index in [-0.39, 0.29) is 12.3 Å². The number of amides is 1. The van der Waals surface area contributed by atoms with Crippen LogP contribution in [-0.2, 0) is 4.79 Å². The predicted octanol–water partition coefficient (Wildman–Crippen LogP) is 3.35. The van der Waals surface area contributed by atoms with Crippen molar-refractivity contribution in [1.29, 1.82) is 0 Å². The lowest BCUT2D eigenvalue weighted by atomic mass is 10.0. The molecule has 7 nitrogen and oxygen atoms in total. The van der Waals surface area contributed by atoms with Crippen molar-refractivity contribution in [3.8, 4) is 0 Å². The van der Waals surface area contributed by atoms with Crippen molar-refractivity contribution in [2.45, 2.75) is 38.1 Å². The van der Waals surface area contributed by atoms with Crippen LogP contribution in [0.15, 0.2) is 40.9 Å². The van der Waals surface area contributed by atoms with Gasteiger partial charge in [-0.25, -0.2) is 4.98 Å². The van der Waals surface area contributed by atoms with Gasteiger partial charge < -0.3 is 14.9 Å². The largest absolute Gasteiger partial charge is 0.481 e. The zero-order valence-corrected chi connectivity index (χ0v) is 14.8. The van der Waals surface area contributed by atoms with E-state index >= 15 is 0 Å². The second kappa shape index (κ2) is 6.83. The fraction of sp³-hybridized carbons (Fsp3) is 0.300. The number of aromatic nitrogens is 2. The third-order valence-electron chi connectivity index (χ3n) is 4.76. The van der Waals surface area contributed by atoms with Crippen LogP contribution in [0.4, 0.5) is 0 Å². The molecule has 1 atom stereocenters. The Kier molecular flexibility index (Phi) is 4.35. The number of carboxylic acids is 1. The third kappa shape index (κ3) is 3.53. The molecular weight excluding hydrogens is 346 g/mol. The molecule has 1 aromatic carbocycles. The maximum absolute atomic E-state index is 13.1. The summed E-state index contributed by atoms with van der Waals surface area (Å²) >= 11 is 0. The van der Waals surface area contributed by atoms with Gasteiger partial charge in [-0.15, -0.1) is 0 Å². The van der Waals surface area contributed by atoms with Gasteiger partial charge in [0.25, 0.3) is 11.6 Å². The average Bonchev–Trinajstić information content (AvgIpc) is 3.44. The van der Waals surface area contributed by atoms with E-state index in [9.17, 15) is 14.7 Å². The number of carbonyl (C=O) groups is 2. The van der Waals surface area contributed by atoms with Gasteiger partial charge in [-0.2, -0.15) is 0 Å². The van der Waals surface area contributed by atoms with Crippen LogP contribution in [0.3, 0.4) is 0 Å². The smallest absolute Gasteiger partial charge is 0.305 e. The van der Waals surface area contributed by atoms with Crippen molar-refractivity contribution in [2.24, 2.45) is 0 Å².